The molecule has 2 aliphatic rings. The molecule has 9 nitrogen and oxygen atoms in total. The zero-order valence-electron chi connectivity index (χ0n) is 28.2. The summed E-state index contributed by atoms with van der Waals surface area (Å²) in [4.78, 5) is 38.5. The van der Waals surface area contributed by atoms with Gasteiger partial charge in [-0.3, -0.25) is 0 Å². The highest BCUT2D eigenvalue weighted by molar-refractivity contribution is 7.99. The van der Waals surface area contributed by atoms with Gasteiger partial charge >= 0.3 is 17.9 Å². The Hall–Kier alpha value is -3.68. The number of alkyl halides is 1. The van der Waals surface area contributed by atoms with Gasteiger partial charge in [-0.15, -0.1) is 16.5 Å². The van der Waals surface area contributed by atoms with E-state index >= 15 is 4.39 Å². The lowest BCUT2D eigenvalue weighted by Gasteiger charge is -2.51. The Kier molecular flexibility index (Phi) is 11.8. The van der Waals surface area contributed by atoms with Gasteiger partial charge in [-0.2, -0.15) is 0 Å². The molecule has 5 rings (SSSR count). The van der Waals surface area contributed by atoms with Crippen LogP contribution in [-0.2, 0) is 16.1 Å². The third-order valence-electron chi connectivity index (χ3n) is 9.36. The normalized spacial score (nSPS) is 28.5. The van der Waals surface area contributed by atoms with Crippen molar-refractivity contribution in [3.05, 3.63) is 118 Å². The number of carboxylic acids is 3. The van der Waals surface area contributed by atoms with Crippen LogP contribution in [0.2, 0.25) is 0 Å². The number of benzene rings is 3. The first-order chi connectivity index (χ1) is 23.7. The van der Waals surface area contributed by atoms with Crippen LogP contribution >= 0.6 is 11.8 Å². The Bertz CT molecular complexity index is 1750. The number of aromatic carboxylic acids is 3. The Morgan fingerprint density at radius 1 is 0.820 bits per heavy atom. The van der Waals surface area contributed by atoms with Crippen LogP contribution < -0.4 is 4.72 Å². The standard InChI is InChI=1S/C38H42FNO8S2/c1-21-12-11-13-22(39)20-49-37-31(25-16-7-10-19-28(25)36(45)46)29(23-14-5-8-17-26(23)34(41)42)30(24-15-6-9-18-27(24)35(43)44)33(48-37)32(21)40-50(47)38(2,3)4/h5-12,14-19,21-22,29-33,37,40H,13,20H2,1-4H3,(H,41,42)(H,43,44)(H,45,46)/b12-11-/t21-,22-,29+,30-,31+,32-,33-,37-,50-/m1/s1. The van der Waals surface area contributed by atoms with Crippen LogP contribution in [0.1, 0.15) is 99.6 Å². The van der Waals surface area contributed by atoms with Crippen molar-refractivity contribution in [1.29, 1.82) is 0 Å². The summed E-state index contributed by atoms with van der Waals surface area (Å²) in [5, 5.41) is 31.4. The molecule has 3 aromatic rings. The molecule has 2 bridgehead atoms. The lowest BCUT2D eigenvalue weighted by atomic mass is 9.64. The van der Waals surface area contributed by atoms with Crippen molar-refractivity contribution in [2.24, 2.45) is 5.92 Å². The van der Waals surface area contributed by atoms with E-state index in [2.05, 4.69) is 4.72 Å². The fourth-order valence-electron chi connectivity index (χ4n) is 7.02. The molecule has 0 aromatic heterocycles. The maximum absolute atomic E-state index is 15.5. The molecule has 0 unspecified atom stereocenters. The molecule has 1 saturated heterocycles. The third kappa shape index (κ3) is 7.94. The summed E-state index contributed by atoms with van der Waals surface area (Å²) in [6, 6.07) is 18.5. The summed E-state index contributed by atoms with van der Waals surface area (Å²) < 4.78 is 38.9. The minimum atomic E-state index is -1.64. The lowest BCUT2D eigenvalue weighted by Crippen LogP contribution is -2.58. The quantitative estimate of drug-likeness (QED) is 0.138. The van der Waals surface area contributed by atoms with Gasteiger partial charge in [0.05, 0.1) is 28.8 Å². The molecule has 0 saturated carbocycles. The molecule has 4 N–H and O–H groups in total. The van der Waals surface area contributed by atoms with Crippen molar-refractivity contribution >= 4 is 41.0 Å². The topological polar surface area (TPSA) is 156 Å². The summed E-state index contributed by atoms with van der Waals surface area (Å²) >= 11 is -0.468. The maximum Gasteiger partial charge on any atom is 0.335 e. The van der Waals surface area contributed by atoms with E-state index in [9.17, 15) is 34.3 Å². The number of carbonyl (C=O) groups is 3. The number of carboxylic acid groups (broad SMARTS) is 3. The van der Waals surface area contributed by atoms with Crippen LogP contribution in [-0.4, -0.2) is 72.0 Å². The number of hydrogen-bond acceptors (Lipinski definition) is 7. The molecule has 0 radical (unpaired) electrons. The van der Waals surface area contributed by atoms with E-state index < -0.39 is 81.4 Å². The van der Waals surface area contributed by atoms with Crippen LogP contribution in [0.15, 0.2) is 84.9 Å². The Labute approximate surface area is 298 Å². The molecule has 3 aromatic carbocycles. The number of allylic oxidation sites excluding steroid dienone is 1. The lowest BCUT2D eigenvalue weighted by molar-refractivity contribution is -0.0639. The number of thioether (sulfide) groups is 1. The molecule has 2 aliphatic heterocycles. The fourth-order valence-corrected chi connectivity index (χ4v) is 9.23. The minimum Gasteiger partial charge on any atom is -0.598 e. The first-order valence-electron chi connectivity index (χ1n) is 16.4. The van der Waals surface area contributed by atoms with E-state index in [0.29, 0.717) is 16.7 Å². The molecule has 0 spiro atoms. The molecule has 50 heavy (non-hydrogen) atoms. The van der Waals surface area contributed by atoms with Crippen molar-refractivity contribution in [2.75, 3.05) is 5.75 Å². The van der Waals surface area contributed by atoms with Crippen LogP contribution in [0.25, 0.3) is 0 Å². The number of halogens is 1. The summed E-state index contributed by atoms with van der Waals surface area (Å²) in [5.74, 6) is -6.76. The Balaban J connectivity index is 1.91. The summed E-state index contributed by atoms with van der Waals surface area (Å²) in [5.41, 5.74) is 0.00912. The Morgan fingerprint density at radius 3 is 1.76 bits per heavy atom. The van der Waals surface area contributed by atoms with E-state index in [1.165, 1.54) is 30.0 Å². The zero-order valence-corrected chi connectivity index (χ0v) is 29.8. The van der Waals surface area contributed by atoms with Gasteiger partial charge in [0.2, 0.25) is 0 Å². The Morgan fingerprint density at radius 2 is 1.28 bits per heavy atom. The van der Waals surface area contributed by atoms with Gasteiger partial charge < -0.3 is 24.6 Å². The third-order valence-corrected chi connectivity index (χ3v) is 12.2. The smallest absolute Gasteiger partial charge is 0.335 e. The van der Waals surface area contributed by atoms with Gasteiger partial charge in [-0.1, -0.05) is 73.7 Å². The monoisotopic (exact) mass is 723 g/mol. The first-order valence-corrected chi connectivity index (χ1v) is 18.6. The van der Waals surface area contributed by atoms with Crippen molar-refractivity contribution in [3.8, 4) is 0 Å². The van der Waals surface area contributed by atoms with E-state index in [1.54, 1.807) is 60.7 Å². The van der Waals surface area contributed by atoms with Crippen molar-refractivity contribution in [1.82, 2.24) is 4.72 Å². The average Bonchev–Trinajstić information content (AvgIpc) is 3.09. The van der Waals surface area contributed by atoms with E-state index in [1.807, 2.05) is 33.8 Å². The van der Waals surface area contributed by atoms with Gasteiger partial charge in [0.15, 0.2) is 0 Å². The highest BCUT2D eigenvalue weighted by atomic mass is 32.2. The molecule has 12 heteroatoms. The number of ether oxygens (including phenoxy) is 1. The molecule has 0 amide bonds. The van der Waals surface area contributed by atoms with Gasteiger partial charge in [-0.25, -0.2) is 18.8 Å². The second-order valence-electron chi connectivity index (χ2n) is 13.7. The highest BCUT2D eigenvalue weighted by Crippen LogP contribution is 2.57. The number of rotatable bonds is 8. The van der Waals surface area contributed by atoms with Gasteiger partial charge in [0.1, 0.15) is 16.4 Å². The average molecular weight is 724 g/mol. The number of nitrogens with one attached hydrogen (secondary N) is 1. The van der Waals surface area contributed by atoms with E-state index in [4.69, 9.17) is 4.74 Å². The SMILES string of the molecule is C[C@@H]1/C=C\C[C@@H](F)CS[C@H]2O[C@@H]([C@@H]1N[S@+]([O-])C(C)(C)C)[C@H](c1ccccc1C(=O)O)[C@H](c1ccccc1C(=O)O)[C@@H]2c1ccccc1C(=O)O. The van der Waals surface area contributed by atoms with E-state index in [-0.39, 0.29) is 28.9 Å². The molecular weight excluding hydrogens is 682 g/mol. The van der Waals surface area contributed by atoms with Gasteiger partial charge in [-0.05, 0) is 68.0 Å². The minimum absolute atomic E-state index is 0.00244. The van der Waals surface area contributed by atoms with Crippen LogP contribution in [0, 0.1) is 5.92 Å². The van der Waals surface area contributed by atoms with Crippen molar-refractivity contribution in [3.63, 3.8) is 0 Å². The first kappa shape index (κ1) is 37.6. The highest BCUT2D eigenvalue weighted by Gasteiger charge is 2.54. The van der Waals surface area contributed by atoms with Crippen LogP contribution in [0.5, 0.6) is 0 Å². The predicted molar refractivity (Wildman–Crippen MR) is 192 cm³/mol. The van der Waals surface area contributed by atoms with Crippen molar-refractivity contribution in [2.45, 2.75) is 80.4 Å². The van der Waals surface area contributed by atoms with Crippen LogP contribution in [0.4, 0.5) is 4.39 Å². The molecule has 2 heterocycles. The molecular formula is C38H42FNO8S2. The largest absolute Gasteiger partial charge is 0.598 e. The number of fused-ring (bicyclic) bond motifs is 2. The molecule has 266 valence electrons. The number of hydrogen-bond donors (Lipinski definition) is 4. The maximum atomic E-state index is 15.5. The second-order valence-corrected chi connectivity index (χ2v) is 16.8. The predicted octanol–water partition coefficient (Wildman–Crippen LogP) is 7.25. The summed E-state index contributed by atoms with van der Waals surface area (Å²) in [6.07, 6.45) is 1.47. The zero-order chi connectivity index (χ0) is 36.3. The molecule has 1 fully saturated rings. The van der Waals surface area contributed by atoms with Gasteiger partial charge in [0.25, 0.3) is 0 Å². The van der Waals surface area contributed by atoms with Gasteiger partial charge in [0, 0.05) is 34.9 Å². The van der Waals surface area contributed by atoms with E-state index in [0.717, 1.165) is 0 Å². The summed E-state index contributed by atoms with van der Waals surface area (Å²) in [6.45, 7) is 7.34. The second kappa shape index (κ2) is 15.7. The fraction of sp³-hybridized carbons (Fsp3) is 0.395. The molecule has 0 aliphatic carbocycles. The van der Waals surface area contributed by atoms with Crippen molar-refractivity contribution < 1.29 is 43.4 Å². The van der Waals surface area contributed by atoms with Crippen LogP contribution in [0.3, 0.4) is 0 Å². The summed E-state index contributed by atoms with van der Waals surface area (Å²) in [7, 11) is 0. The molecule has 9 atom stereocenters.